The number of hydrogen-bond acceptors (Lipinski definition) is 4. The highest BCUT2D eigenvalue weighted by atomic mass is 127. The zero-order valence-electron chi connectivity index (χ0n) is 15.1. The van der Waals surface area contributed by atoms with Gasteiger partial charge in [0.15, 0.2) is 0 Å². The molecule has 1 atom stereocenters. The normalized spacial score (nSPS) is 13.7. The maximum atomic E-state index is 12.1. The van der Waals surface area contributed by atoms with Gasteiger partial charge in [-0.25, -0.2) is 4.79 Å². The molecular weight excluding hydrogens is 465 g/mol. The molecule has 0 radical (unpaired) electrons. The number of carbonyl (C=O) groups is 1. The summed E-state index contributed by atoms with van der Waals surface area (Å²) in [5, 5.41) is 14.8. The van der Waals surface area contributed by atoms with E-state index in [1.54, 1.807) is 18.3 Å². The zero-order chi connectivity index (χ0) is 19.2. The number of aromatic nitrogens is 1. The number of carboxylic acid groups (broad SMARTS) is 1. The zero-order valence-corrected chi connectivity index (χ0v) is 18.0. The summed E-state index contributed by atoms with van der Waals surface area (Å²) in [6.07, 6.45) is 3.05. The smallest absolute Gasteiger partial charge is 0.330 e. The van der Waals surface area contributed by atoms with Crippen LogP contribution >= 0.6 is 34.2 Å². The van der Waals surface area contributed by atoms with Crippen LogP contribution < -0.4 is 5.32 Å². The van der Waals surface area contributed by atoms with Crippen LogP contribution in [0.3, 0.4) is 0 Å². The summed E-state index contributed by atoms with van der Waals surface area (Å²) in [4.78, 5) is 18.8. The minimum absolute atomic E-state index is 0.468. The number of aliphatic carboxylic acids is 1. The average molecular weight is 490 g/mol. The van der Waals surface area contributed by atoms with Gasteiger partial charge in [-0.3, -0.25) is 4.98 Å². The van der Waals surface area contributed by atoms with Crippen LogP contribution in [0, 0.1) is 0 Å². The first-order chi connectivity index (χ1) is 12.5. The van der Waals surface area contributed by atoms with Crippen molar-refractivity contribution in [2.45, 2.75) is 32.2 Å². The molecule has 5 nitrogen and oxygen atoms in total. The molecule has 7 heteroatoms. The minimum Gasteiger partial charge on any atom is -0.479 e. The van der Waals surface area contributed by atoms with Crippen LogP contribution in [0.2, 0.25) is 5.02 Å². The molecular formula is C19H25ClIN3O2. The van der Waals surface area contributed by atoms with Crippen molar-refractivity contribution in [2.75, 3.05) is 29.4 Å². The van der Waals surface area contributed by atoms with Gasteiger partial charge < -0.3 is 15.3 Å². The quantitative estimate of drug-likeness (QED) is 0.375. The fourth-order valence-electron chi connectivity index (χ4n) is 3.01. The molecule has 0 spiro atoms. The number of pyridine rings is 1. The van der Waals surface area contributed by atoms with Gasteiger partial charge in [-0.15, -0.1) is 0 Å². The second-order valence-corrected chi connectivity index (χ2v) is 7.50. The molecule has 0 aliphatic carbocycles. The van der Waals surface area contributed by atoms with E-state index in [9.17, 15) is 9.90 Å². The van der Waals surface area contributed by atoms with Gasteiger partial charge in [0.05, 0.1) is 5.52 Å². The van der Waals surface area contributed by atoms with E-state index in [1.165, 1.54) is 0 Å². The number of rotatable bonds is 10. The summed E-state index contributed by atoms with van der Waals surface area (Å²) >= 11 is 8.20. The second-order valence-electron chi connectivity index (χ2n) is 6.30. The molecule has 0 aliphatic rings. The Bertz CT molecular complexity index is 755. The third-order valence-corrected chi connectivity index (χ3v) is 6.23. The first-order valence-electron chi connectivity index (χ1n) is 8.80. The summed E-state index contributed by atoms with van der Waals surface area (Å²) in [6, 6.07) is 7.28. The molecule has 1 aromatic heterocycles. The maximum Gasteiger partial charge on any atom is 0.330 e. The van der Waals surface area contributed by atoms with E-state index >= 15 is 0 Å². The van der Waals surface area contributed by atoms with Crippen LogP contribution in [-0.4, -0.2) is 50.6 Å². The van der Waals surface area contributed by atoms with Crippen LogP contribution in [-0.2, 0) is 4.79 Å². The second kappa shape index (κ2) is 9.71. The fraction of sp³-hybridized carbons (Fsp3) is 0.474. The largest absolute Gasteiger partial charge is 0.479 e. The molecule has 0 fully saturated rings. The molecule has 0 saturated carbocycles. The first-order valence-corrected chi connectivity index (χ1v) is 10.7. The molecule has 1 aromatic carbocycles. The first kappa shape index (κ1) is 21.2. The summed E-state index contributed by atoms with van der Waals surface area (Å²) in [5.41, 5.74) is 0.508. The topological polar surface area (TPSA) is 65.5 Å². The van der Waals surface area contributed by atoms with Gasteiger partial charge in [-0.1, -0.05) is 48.0 Å². The van der Waals surface area contributed by atoms with E-state index in [4.69, 9.17) is 11.6 Å². The summed E-state index contributed by atoms with van der Waals surface area (Å²) in [6.45, 7) is 7.10. The number of fused-ring (bicyclic) bond motifs is 1. The standard InChI is InChI=1S/C19H25ClIN3O2/c1-3-24(4-2)11-5-9-19(13-21,18(25)26)23-16-8-10-22-17-12-14(20)6-7-15(16)17/h6-8,10,12H,3-5,9,11,13H2,1-2H3,(H,22,23)(H,25,26). The van der Waals surface area contributed by atoms with E-state index in [1.807, 2.05) is 12.1 Å². The Kier molecular flexibility index (Phi) is 7.91. The molecule has 0 saturated heterocycles. The molecule has 2 aromatic rings. The van der Waals surface area contributed by atoms with E-state index in [2.05, 4.69) is 51.6 Å². The van der Waals surface area contributed by atoms with Gasteiger partial charge in [0.2, 0.25) is 0 Å². The minimum atomic E-state index is -1.01. The Hall–Kier alpha value is -1.12. The third-order valence-electron chi connectivity index (χ3n) is 4.69. The number of nitrogens with one attached hydrogen (secondary N) is 1. The van der Waals surface area contributed by atoms with Gasteiger partial charge in [0.1, 0.15) is 5.54 Å². The van der Waals surface area contributed by atoms with Crippen LogP contribution in [0.25, 0.3) is 10.9 Å². The van der Waals surface area contributed by atoms with Crippen molar-refractivity contribution in [3.05, 3.63) is 35.5 Å². The van der Waals surface area contributed by atoms with E-state index < -0.39 is 11.5 Å². The Morgan fingerprint density at radius 3 is 2.69 bits per heavy atom. The molecule has 0 aliphatic heterocycles. The van der Waals surface area contributed by atoms with Crippen LogP contribution in [0.15, 0.2) is 30.5 Å². The maximum absolute atomic E-state index is 12.1. The molecule has 142 valence electrons. The number of alkyl halides is 1. The van der Waals surface area contributed by atoms with Crippen molar-refractivity contribution in [3.63, 3.8) is 0 Å². The van der Waals surface area contributed by atoms with E-state index in [0.29, 0.717) is 15.9 Å². The molecule has 2 rings (SSSR count). The molecule has 2 N–H and O–H groups in total. The number of carboxylic acids is 1. The Labute approximate surface area is 173 Å². The summed E-state index contributed by atoms with van der Waals surface area (Å²) in [5.74, 6) is -0.828. The lowest BCUT2D eigenvalue weighted by Gasteiger charge is -2.31. The Morgan fingerprint density at radius 1 is 1.35 bits per heavy atom. The van der Waals surface area contributed by atoms with Gasteiger partial charge in [-0.2, -0.15) is 0 Å². The van der Waals surface area contributed by atoms with Gasteiger partial charge in [0.25, 0.3) is 0 Å². The summed E-state index contributed by atoms with van der Waals surface area (Å²) < 4.78 is 0.468. The number of hydrogen-bond donors (Lipinski definition) is 2. The lowest BCUT2D eigenvalue weighted by atomic mass is 9.94. The monoisotopic (exact) mass is 489 g/mol. The van der Waals surface area contributed by atoms with Gasteiger partial charge in [-0.05, 0) is 56.7 Å². The van der Waals surface area contributed by atoms with E-state index in [0.717, 1.165) is 42.6 Å². The van der Waals surface area contributed by atoms with Crippen molar-refractivity contribution in [2.24, 2.45) is 0 Å². The number of benzene rings is 1. The number of anilines is 1. The predicted octanol–water partition coefficient (Wildman–Crippen LogP) is 4.68. The van der Waals surface area contributed by atoms with Crippen LogP contribution in [0.4, 0.5) is 5.69 Å². The predicted molar refractivity (Wildman–Crippen MR) is 117 cm³/mol. The highest BCUT2D eigenvalue weighted by molar-refractivity contribution is 14.1. The highest BCUT2D eigenvalue weighted by Crippen LogP contribution is 2.30. The molecule has 1 heterocycles. The fourth-order valence-corrected chi connectivity index (χ4v) is 4.08. The van der Waals surface area contributed by atoms with Crippen molar-refractivity contribution < 1.29 is 9.90 Å². The average Bonchev–Trinajstić information content (AvgIpc) is 2.64. The van der Waals surface area contributed by atoms with Crippen LogP contribution in [0.5, 0.6) is 0 Å². The van der Waals surface area contributed by atoms with Gasteiger partial charge >= 0.3 is 5.97 Å². The van der Waals surface area contributed by atoms with Crippen molar-refractivity contribution in [1.82, 2.24) is 9.88 Å². The molecule has 26 heavy (non-hydrogen) atoms. The van der Waals surface area contributed by atoms with Crippen LogP contribution in [0.1, 0.15) is 26.7 Å². The van der Waals surface area contributed by atoms with Crippen molar-refractivity contribution >= 4 is 56.8 Å². The summed E-state index contributed by atoms with van der Waals surface area (Å²) in [7, 11) is 0. The lowest BCUT2D eigenvalue weighted by Crippen LogP contribution is -2.48. The Morgan fingerprint density at radius 2 is 2.08 bits per heavy atom. The van der Waals surface area contributed by atoms with Gasteiger partial charge in [0, 0.05) is 26.7 Å². The highest BCUT2D eigenvalue weighted by Gasteiger charge is 2.37. The lowest BCUT2D eigenvalue weighted by molar-refractivity contribution is -0.141. The Balaban J connectivity index is 2.26. The SMILES string of the molecule is CCN(CC)CCCC(CI)(Nc1ccnc2cc(Cl)ccc12)C(=O)O. The van der Waals surface area contributed by atoms with Crippen molar-refractivity contribution in [1.29, 1.82) is 0 Å². The number of halogens is 2. The van der Waals surface area contributed by atoms with E-state index in [-0.39, 0.29) is 0 Å². The van der Waals surface area contributed by atoms with Crippen molar-refractivity contribution in [3.8, 4) is 0 Å². The molecule has 0 amide bonds. The molecule has 0 bridgehead atoms. The third kappa shape index (κ3) is 4.98. The molecule has 1 unspecified atom stereocenters. The number of nitrogens with zero attached hydrogens (tertiary/aromatic N) is 2.